The number of para-hydroxylation sites is 1. The van der Waals surface area contributed by atoms with Crippen LogP contribution in [-0.2, 0) is 0 Å². The van der Waals surface area contributed by atoms with Gasteiger partial charge in [0.05, 0.1) is 6.54 Å². The molecule has 0 aliphatic rings. The van der Waals surface area contributed by atoms with Gasteiger partial charge in [-0.25, -0.2) is 4.39 Å². The second-order valence-corrected chi connectivity index (χ2v) is 5.74. The molecule has 3 aromatic rings. The maximum Gasteiger partial charge on any atom is 0.183 e. The summed E-state index contributed by atoms with van der Waals surface area (Å²) in [6.45, 7) is 4.11. The van der Waals surface area contributed by atoms with E-state index in [0.29, 0.717) is 5.56 Å². The highest BCUT2D eigenvalue weighted by Gasteiger charge is 2.16. The predicted octanol–water partition coefficient (Wildman–Crippen LogP) is 4.53. The number of carbonyl (C=O) groups excluding carboxylic acids is 1. The molecule has 0 aliphatic carbocycles. The van der Waals surface area contributed by atoms with Gasteiger partial charge < -0.3 is 9.88 Å². The van der Waals surface area contributed by atoms with Gasteiger partial charge in [-0.05, 0) is 56.3 Å². The molecule has 0 aliphatic heterocycles. The fourth-order valence-electron chi connectivity index (χ4n) is 2.86. The number of nitrogens with zero attached hydrogens (tertiary/aromatic N) is 1. The van der Waals surface area contributed by atoms with E-state index in [0.717, 1.165) is 22.8 Å². The van der Waals surface area contributed by atoms with Crippen LogP contribution in [0, 0.1) is 19.7 Å². The van der Waals surface area contributed by atoms with Gasteiger partial charge in [0.2, 0.25) is 0 Å². The van der Waals surface area contributed by atoms with Crippen molar-refractivity contribution in [3.8, 4) is 5.69 Å². The van der Waals surface area contributed by atoms with Crippen LogP contribution in [0.25, 0.3) is 5.69 Å². The molecular weight excluding hydrogens is 303 g/mol. The van der Waals surface area contributed by atoms with E-state index in [4.69, 9.17) is 0 Å². The number of rotatable bonds is 5. The Morgan fingerprint density at radius 1 is 1.04 bits per heavy atom. The van der Waals surface area contributed by atoms with Crippen LogP contribution < -0.4 is 5.32 Å². The van der Waals surface area contributed by atoms with Gasteiger partial charge in [0.25, 0.3) is 0 Å². The number of hydrogen-bond acceptors (Lipinski definition) is 2. The first-order chi connectivity index (χ1) is 11.6. The van der Waals surface area contributed by atoms with Crippen molar-refractivity contribution in [2.75, 3.05) is 11.9 Å². The van der Waals surface area contributed by atoms with Gasteiger partial charge in [0, 0.05) is 28.3 Å². The zero-order chi connectivity index (χ0) is 17.1. The van der Waals surface area contributed by atoms with Crippen LogP contribution >= 0.6 is 0 Å². The highest BCUT2D eigenvalue weighted by molar-refractivity contribution is 6.00. The number of aromatic nitrogens is 1. The van der Waals surface area contributed by atoms with Gasteiger partial charge in [0.15, 0.2) is 5.78 Å². The van der Waals surface area contributed by atoms with E-state index in [2.05, 4.69) is 9.88 Å². The fraction of sp³-hybridized carbons (Fsp3) is 0.150. The number of aryl methyl sites for hydroxylation is 1. The summed E-state index contributed by atoms with van der Waals surface area (Å²) in [7, 11) is 0. The van der Waals surface area contributed by atoms with Crippen LogP contribution in [0.4, 0.5) is 10.1 Å². The summed E-state index contributed by atoms with van der Waals surface area (Å²) in [5.41, 5.74) is 4.40. The Kier molecular flexibility index (Phi) is 4.47. The van der Waals surface area contributed by atoms with Crippen molar-refractivity contribution in [3.63, 3.8) is 0 Å². The van der Waals surface area contributed by atoms with Crippen LogP contribution in [-0.4, -0.2) is 16.9 Å². The Morgan fingerprint density at radius 2 is 1.71 bits per heavy atom. The quantitative estimate of drug-likeness (QED) is 0.700. The van der Waals surface area contributed by atoms with Gasteiger partial charge in [0.1, 0.15) is 5.82 Å². The van der Waals surface area contributed by atoms with E-state index in [1.165, 1.54) is 12.1 Å². The molecule has 2 aromatic carbocycles. The first-order valence-electron chi connectivity index (χ1n) is 7.83. The third-order valence-corrected chi connectivity index (χ3v) is 4.04. The van der Waals surface area contributed by atoms with Crippen molar-refractivity contribution in [1.82, 2.24) is 4.57 Å². The number of Topliss-reactive ketones (excluding diaryl/α,β-unsaturated/α-hetero) is 1. The Morgan fingerprint density at radius 3 is 2.38 bits per heavy atom. The zero-order valence-corrected chi connectivity index (χ0v) is 13.7. The molecule has 0 unspecified atom stereocenters. The minimum atomic E-state index is -0.293. The molecule has 1 heterocycles. The zero-order valence-electron chi connectivity index (χ0n) is 13.7. The first kappa shape index (κ1) is 16.0. The largest absolute Gasteiger partial charge is 0.378 e. The number of ketones is 1. The summed E-state index contributed by atoms with van der Waals surface area (Å²) in [5.74, 6) is -0.284. The van der Waals surface area contributed by atoms with Crippen molar-refractivity contribution in [3.05, 3.63) is 83.4 Å². The third kappa shape index (κ3) is 3.23. The topological polar surface area (TPSA) is 34.0 Å². The van der Waals surface area contributed by atoms with Crippen LogP contribution in [0.3, 0.4) is 0 Å². The minimum absolute atomic E-state index is 0.00889. The minimum Gasteiger partial charge on any atom is -0.378 e. The molecule has 122 valence electrons. The monoisotopic (exact) mass is 322 g/mol. The van der Waals surface area contributed by atoms with Crippen LogP contribution in [0.2, 0.25) is 0 Å². The Hall–Kier alpha value is -2.88. The van der Waals surface area contributed by atoms with E-state index in [-0.39, 0.29) is 18.1 Å². The van der Waals surface area contributed by atoms with Crippen LogP contribution in [0.15, 0.2) is 60.7 Å². The predicted molar refractivity (Wildman–Crippen MR) is 94.5 cm³/mol. The molecule has 1 N–H and O–H groups in total. The first-order valence-corrected chi connectivity index (χ1v) is 7.83. The second kappa shape index (κ2) is 6.71. The van der Waals surface area contributed by atoms with Crippen molar-refractivity contribution < 1.29 is 9.18 Å². The van der Waals surface area contributed by atoms with E-state index in [1.807, 2.05) is 50.2 Å². The van der Waals surface area contributed by atoms with Gasteiger partial charge >= 0.3 is 0 Å². The average Bonchev–Trinajstić information content (AvgIpc) is 2.89. The summed E-state index contributed by atoms with van der Waals surface area (Å²) >= 11 is 0. The number of hydrogen-bond donors (Lipinski definition) is 1. The second-order valence-electron chi connectivity index (χ2n) is 5.74. The van der Waals surface area contributed by atoms with E-state index < -0.39 is 0 Å². The Labute approximate surface area is 140 Å². The molecule has 24 heavy (non-hydrogen) atoms. The third-order valence-electron chi connectivity index (χ3n) is 4.04. The summed E-state index contributed by atoms with van der Waals surface area (Å²) in [6.07, 6.45) is 0. The van der Waals surface area contributed by atoms with Crippen LogP contribution in [0.1, 0.15) is 21.7 Å². The lowest BCUT2D eigenvalue weighted by molar-refractivity contribution is 0.101. The molecule has 1 aromatic heterocycles. The fourth-order valence-corrected chi connectivity index (χ4v) is 2.86. The molecule has 4 heteroatoms. The molecule has 0 radical (unpaired) electrons. The highest BCUT2D eigenvalue weighted by Crippen LogP contribution is 2.21. The van der Waals surface area contributed by atoms with Crippen molar-refractivity contribution >= 4 is 11.5 Å². The standard InChI is InChI=1S/C20H19FN2O/c1-14-12-19(15(2)23(14)18-6-4-3-5-7-18)20(24)13-22-17-10-8-16(21)9-11-17/h3-12,22H,13H2,1-2H3. The van der Waals surface area contributed by atoms with Crippen LogP contribution in [0.5, 0.6) is 0 Å². The SMILES string of the molecule is Cc1cc(C(=O)CNc2ccc(F)cc2)c(C)n1-c1ccccc1. The molecule has 0 saturated carbocycles. The van der Waals surface area contributed by atoms with Crippen molar-refractivity contribution in [2.24, 2.45) is 0 Å². The highest BCUT2D eigenvalue weighted by atomic mass is 19.1. The molecule has 0 bridgehead atoms. The number of nitrogens with one attached hydrogen (secondary N) is 1. The van der Waals surface area contributed by atoms with E-state index in [1.54, 1.807) is 12.1 Å². The Balaban J connectivity index is 1.79. The van der Waals surface area contributed by atoms with Gasteiger partial charge in [-0.15, -0.1) is 0 Å². The van der Waals surface area contributed by atoms with Gasteiger partial charge in [-0.3, -0.25) is 4.79 Å². The molecule has 0 amide bonds. The smallest absolute Gasteiger partial charge is 0.183 e. The molecule has 0 fully saturated rings. The normalized spacial score (nSPS) is 10.6. The molecule has 0 saturated heterocycles. The maximum absolute atomic E-state index is 12.9. The van der Waals surface area contributed by atoms with Gasteiger partial charge in [-0.2, -0.15) is 0 Å². The number of anilines is 1. The lowest BCUT2D eigenvalue weighted by Gasteiger charge is -2.10. The maximum atomic E-state index is 12.9. The average molecular weight is 322 g/mol. The molecule has 0 spiro atoms. The summed E-state index contributed by atoms with van der Waals surface area (Å²) in [4.78, 5) is 12.6. The van der Waals surface area contributed by atoms with Gasteiger partial charge in [-0.1, -0.05) is 18.2 Å². The molecule has 0 atom stereocenters. The Bertz CT molecular complexity index is 851. The summed E-state index contributed by atoms with van der Waals surface area (Å²) in [6, 6.07) is 17.9. The number of carbonyl (C=O) groups is 1. The van der Waals surface area contributed by atoms with Crippen molar-refractivity contribution in [2.45, 2.75) is 13.8 Å². The van der Waals surface area contributed by atoms with E-state index in [9.17, 15) is 9.18 Å². The number of halogens is 1. The van der Waals surface area contributed by atoms with E-state index >= 15 is 0 Å². The number of benzene rings is 2. The lowest BCUT2D eigenvalue weighted by atomic mass is 10.1. The lowest BCUT2D eigenvalue weighted by Crippen LogP contribution is -2.14. The summed E-state index contributed by atoms with van der Waals surface area (Å²) < 4.78 is 15.0. The summed E-state index contributed by atoms with van der Waals surface area (Å²) in [5, 5.41) is 3.04. The molecule has 3 nitrogen and oxygen atoms in total. The molecule has 3 rings (SSSR count). The van der Waals surface area contributed by atoms with Crippen molar-refractivity contribution in [1.29, 1.82) is 0 Å². The molecular formula is C20H19FN2O.